The van der Waals surface area contributed by atoms with Gasteiger partial charge in [-0.15, -0.1) is 0 Å². The van der Waals surface area contributed by atoms with Crippen molar-refractivity contribution in [2.24, 2.45) is 0 Å². The summed E-state index contributed by atoms with van der Waals surface area (Å²) in [6, 6.07) is 34.6. The predicted molar refractivity (Wildman–Crippen MR) is 133 cm³/mol. The summed E-state index contributed by atoms with van der Waals surface area (Å²) >= 11 is 0. The maximum atomic E-state index is 8.99. The van der Waals surface area contributed by atoms with Crippen LogP contribution in [0.2, 0.25) is 0 Å². The van der Waals surface area contributed by atoms with Crippen molar-refractivity contribution in [1.29, 1.82) is 5.26 Å². The SMILES string of the molecule is C=C(/C=C(\C)C#N)c1ccc(-c2ccc3c4ccccc4c4ccccc4c3c2)cc1. The summed E-state index contributed by atoms with van der Waals surface area (Å²) in [6.07, 6.45) is 1.82. The largest absolute Gasteiger partial charge is 0.193 e. The van der Waals surface area contributed by atoms with E-state index in [1.807, 2.05) is 6.08 Å². The Morgan fingerprint density at radius 3 is 1.71 bits per heavy atom. The summed E-state index contributed by atoms with van der Waals surface area (Å²) in [6.45, 7) is 5.89. The van der Waals surface area contributed by atoms with Crippen LogP contribution in [0.15, 0.2) is 109 Å². The molecule has 5 aromatic carbocycles. The van der Waals surface area contributed by atoms with Crippen molar-refractivity contribution < 1.29 is 0 Å². The molecule has 31 heavy (non-hydrogen) atoms. The molecule has 0 fully saturated rings. The Hall–Kier alpha value is -4.15. The molecule has 0 saturated carbocycles. The molecule has 0 aliphatic heterocycles. The highest BCUT2D eigenvalue weighted by Gasteiger charge is 2.09. The van der Waals surface area contributed by atoms with Crippen molar-refractivity contribution in [2.75, 3.05) is 0 Å². The summed E-state index contributed by atoms with van der Waals surface area (Å²) in [4.78, 5) is 0. The summed E-state index contributed by atoms with van der Waals surface area (Å²) in [5.74, 6) is 0. The number of nitriles is 1. The topological polar surface area (TPSA) is 23.8 Å². The zero-order chi connectivity index (χ0) is 21.4. The van der Waals surface area contributed by atoms with Gasteiger partial charge in [0.05, 0.1) is 6.07 Å². The molecular weight excluding hydrogens is 374 g/mol. The maximum Gasteiger partial charge on any atom is 0.0944 e. The van der Waals surface area contributed by atoms with Crippen LogP contribution in [-0.2, 0) is 0 Å². The van der Waals surface area contributed by atoms with Crippen molar-refractivity contribution in [3.63, 3.8) is 0 Å². The number of hydrogen-bond acceptors (Lipinski definition) is 1. The lowest BCUT2D eigenvalue weighted by molar-refractivity contribution is 1.44. The molecule has 1 nitrogen and oxygen atoms in total. The first-order valence-electron chi connectivity index (χ1n) is 10.4. The summed E-state index contributed by atoms with van der Waals surface area (Å²) in [5.41, 5.74) is 4.88. The summed E-state index contributed by atoms with van der Waals surface area (Å²) < 4.78 is 0. The quantitative estimate of drug-likeness (QED) is 0.171. The lowest BCUT2D eigenvalue weighted by Crippen LogP contribution is -1.86. The standard InChI is InChI=1S/C30H21N/c1-20(19-31)17-21(2)22-11-13-23(14-12-22)24-15-16-29-27-9-4-3-7-25(27)26-8-5-6-10-28(26)30(29)18-24/h3-18H,2H2,1H3/b20-17+. The van der Waals surface area contributed by atoms with Crippen LogP contribution in [0.5, 0.6) is 0 Å². The first-order chi connectivity index (χ1) is 15.2. The third kappa shape index (κ3) is 3.29. The smallest absolute Gasteiger partial charge is 0.0944 e. The molecule has 0 spiro atoms. The van der Waals surface area contributed by atoms with Crippen molar-refractivity contribution in [1.82, 2.24) is 0 Å². The van der Waals surface area contributed by atoms with Gasteiger partial charge in [-0.1, -0.05) is 91.5 Å². The van der Waals surface area contributed by atoms with Crippen LogP contribution >= 0.6 is 0 Å². The Kier molecular flexibility index (Phi) is 4.62. The maximum absolute atomic E-state index is 8.99. The zero-order valence-electron chi connectivity index (χ0n) is 17.4. The monoisotopic (exact) mass is 395 g/mol. The van der Waals surface area contributed by atoms with E-state index in [4.69, 9.17) is 5.26 Å². The van der Waals surface area contributed by atoms with Crippen LogP contribution in [0.3, 0.4) is 0 Å². The second-order valence-electron chi connectivity index (χ2n) is 7.89. The molecule has 1 heteroatoms. The predicted octanol–water partition coefficient (Wildman–Crippen LogP) is 8.30. The fourth-order valence-corrected chi connectivity index (χ4v) is 4.34. The van der Waals surface area contributed by atoms with Gasteiger partial charge in [0.15, 0.2) is 0 Å². The number of nitrogens with zero attached hydrogens (tertiary/aromatic N) is 1. The lowest BCUT2D eigenvalue weighted by atomic mass is 9.92. The highest BCUT2D eigenvalue weighted by Crippen LogP contribution is 2.37. The lowest BCUT2D eigenvalue weighted by Gasteiger charge is -2.12. The average Bonchev–Trinajstić information content (AvgIpc) is 2.84. The first kappa shape index (κ1) is 18.9. The molecule has 146 valence electrons. The van der Waals surface area contributed by atoms with Gasteiger partial charge in [-0.3, -0.25) is 0 Å². The molecule has 5 rings (SSSR count). The van der Waals surface area contributed by atoms with Gasteiger partial charge in [-0.2, -0.15) is 5.26 Å². The van der Waals surface area contributed by atoms with E-state index in [9.17, 15) is 0 Å². The highest BCUT2D eigenvalue weighted by atomic mass is 14.2. The Balaban J connectivity index is 1.66. The second-order valence-corrected chi connectivity index (χ2v) is 7.89. The Labute approximate surface area is 182 Å². The number of hydrogen-bond donors (Lipinski definition) is 0. The fourth-order valence-electron chi connectivity index (χ4n) is 4.34. The summed E-state index contributed by atoms with van der Waals surface area (Å²) in [5, 5.41) is 16.7. The van der Waals surface area contributed by atoms with Gasteiger partial charge >= 0.3 is 0 Å². The number of rotatable bonds is 3. The molecule has 0 heterocycles. The molecule has 0 bridgehead atoms. The van der Waals surface area contributed by atoms with Gasteiger partial charge in [0.2, 0.25) is 0 Å². The molecule has 0 radical (unpaired) electrons. The van der Waals surface area contributed by atoms with Crippen molar-refractivity contribution in [3.05, 3.63) is 115 Å². The van der Waals surface area contributed by atoms with Crippen LogP contribution < -0.4 is 0 Å². The normalized spacial score (nSPS) is 11.7. The van der Waals surface area contributed by atoms with Crippen LogP contribution in [0, 0.1) is 11.3 Å². The molecule has 5 aromatic rings. The van der Waals surface area contributed by atoms with Gasteiger partial charge in [-0.25, -0.2) is 0 Å². The molecular formula is C30H21N. The van der Waals surface area contributed by atoms with Crippen molar-refractivity contribution >= 4 is 37.9 Å². The molecule has 0 N–H and O–H groups in total. The van der Waals surface area contributed by atoms with Crippen LogP contribution in [0.25, 0.3) is 49.0 Å². The van der Waals surface area contributed by atoms with Crippen LogP contribution in [0.4, 0.5) is 0 Å². The van der Waals surface area contributed by atoms with Crippen LogP contribution in [-0.4, -0.2) is 0 Å². The van der Waals surface area contributed by atoms with Gasteiger partial charge in [0, 0.05) is 5.57 Å². The Morgan fingerprint density at radius 2 is 1.16 bits per heavy atom. The molecule has 0 aliphatic carbocycles. The van der Waals surface area contributed by atoms with E-state index in [0.29, 0.717) is 5.57 Å². The van der Waals surface area contributed by atoms with E-state index in [1.54, 1.807) is 6.92 Å². The minimum Gasteiger partial charge on any atom is -0.193 e. The molecule has 0 atom stereocenters. The zero-order valence-corrected chi connectivity index (χ0v) is 17.4. The fraction of sp³-hybridized carbons (Fsp3) is 0.0333. The van der Waals surface area contributed by atoms with E-state index in [0.717, 1.165) is 16.7 Å². The third-order valence-electron chi connectivity index (χ3n) is 5.90. The second kappa shape index (κ2) is 7.59. The Morgan fingerprint density at radius 1 is 0.677 bits per heavy atom. The number of fused-ring (bicyclic) bond motifs is 6. The molecule has 0 unspecified atom stereocenters. The van der Waals surface area contributed by atoms with E-state index in [-0.39, 0.29) is 0 Å². The minimum atomic E-state index is 0.655. The number of benzene rings is 5. The van der Waals surface area contributed by atoms with Crippen LogP contribution in [0.1, 0.15) is 12.5 Å². The molecule has 0 aliphatic rings. The van der Waals surface area contributed by atoms with Crippen molar-refractivity contribution in [2.45, 2.75) is 6.92 Å². The molecule has 0 saturated heterocycles. The molecule has 0 aromatic heterocycles. The van der Waals surface area contributed by atoms with Crippen molar-refractivity contribution in [3.8, 4) is 17.2 Å². The van der Waals surface area contributed by atoms with E-state index in [1.165, 1.54) is 37.9 Å². The first-order valence-corrected chi connectivity index (χ1v) is 10.4. The highest BCUT2D eigenvalue weighted by molar-refractivity contribution is 6.25. The van der Waals surface area contributed by atoms with Gasteiger partial charge in [0.25, 0.3) is 0 Å². The third-order valence-corrected chi connectivity index (χ3v) is 5.90. The van der Waals surface area contributed by atoms with Gasteiger partial charge < -0.3 is 0 Å². The van der Waals surface area contributed by atoms with E-state index < -0.39 is 0 Å². The minimum absolute atomic E-state index is 0.655. The van der Waals surface area contributed by atoms with Gasteiger partial charge in [0.1, 0.15) is 0 Å². The summed E-state index contributed by atoms with van der Waals surface area (Å²) in [7, 11) is 0. The van der Waals surface area contributed by atoms with E-state index in [2.05, 4.69) is 104 Å². The van der Waals surface area contributed by atoms with Gasteiger partial charge in [-0.05, 0) is 73.6 Å². The average molecular weight is 396 g/mol. The Bertz CT molecular complexity index is 1510. The number of allylic oxidation sites excluding steroid dienone is 3. The van der Waals surface area contributed by atoms with E-state index >= 15 is 0 Å². The molecule has 0 amide bonds.